The molecule has 1 aromatic carbocycles. The molecule has 25 heavy (non-hydrogen) atoms. The van der Waals surface area contributed by atoms with E-state index in [0.29, 0.717) is 5.16 Å². The Balaban J connectivity index is 2.08. The molecular formula is C17H23N5O2S. The van der Waals surface area contributed by atoms with Crippen LogP contribution in [0.15, 0.2) is 29.4 Å². The minimum Gasteiger partial charge on any atom is -0.341 e. The molecule has 8 heteroatoms. The number of benzene rings is 1. The van der Waals surface area contributed by atoms with Crippen LogP contribution in [-0.4, -0.2) is 39.5 Å². The number of amides is 3. The number of rotatable bonds is 4. The van der Waals surface area contributed by atoms with E-state index >= 15 is 0 Å². The van der Waals surface area contributed by atoms with Gasteiger partial charge in [0.05, 0.1) is 5.75 Å². The van der Waals surface area contributed by atoms with Crippen molar-refractivity contribution in [2.24, 2.45) is 7.05 Å². The first-order chi connectivity index (χ1) is 11.7. The standard InChI is InChI=1S/C17H23N5O2S/c1-17(2,3)12-8-6-11(7-9-12)14-20-21-16(22(14)5)25-10-13(23)19-15(24)18-4/h6-9H,10H2,1-5H3,(H2,18,19,23,24). The zero-order valence-electron chi connectivity index (χ0n) is 15.1. The summed E-state index contributed by atoms with van der Waals surface area (Å²) >= 11 is 1.23. The summed E-state index contributed by atoms with van der Waals surface area (Å²) in [6.07, 6.45) is 0. The summed E-state index contributed by atoms with van der Waals surface area (Å²) in [5.41, 5.74) is 2.31. The maximum atomic E-state index is 11.7. The Kier molecular flexibility index (Phi) is 5.84. The van der Waals surface area contributed by atoms with Crippen LogP contribution >= 0.6 is 11.8 Å². The monoisotopic (exact) mass is 361 g/mol. The minimum atomic E-state index is -0.525. The predicted molar refractivity (Wildman–Crippen MR) is 98.5 cm³/mol. The zero-order chi connectivity index (χ0) is 18.6. The lowest BCUT2D eigenvalue weighted by molar-refractivity contribution is -0.117. The highest BCUT2D eigenvalue weighted by atomic mass is 32.2. The number of carbonyl (C=O) groups excluding carboxylic acids is 2. The van der Waals surface area contributed by atoms with Crippen LogP contribution in [-0.2, 0) is 17.3 Å². The Morgan fingerprint density at radius 1 is 1.16 bits per heavy atom. The smallest absolute Gasteiger partial charge is 0.321 e. The molecule has 134 valence electrons. The number of imide groups is 1. The average molecular weight is 361 g/mol. The van der Waals surface area contributed by atoms with Gasteiger partial charge in [-0.15, -0.1) is 10.2 Å². The molecule has 1 heterocycles. The Labute approximate surface area is 151 Å². The van der Waals surface area contributed by atoms with Gasteiger partial charge in [-0.05, 0) is 11.0 Å². The van der Waals surface area contributed by atoms with Gasteiger partial charge < -0.3 is 9.88 Å². The highest BCUT2D eigenvalue weighted by Crippen LogP contribution is 2.26. The second kappa shape index (κ2) is 7.69. The topological polar surface area (TPSA) is 88.9 Å². The molecule has 0 spiro atoms. The maximum absolute atomic E-state index is 11.7. The molecule has 0 aliphatic heterocycles. The van der Waals surface area contributed by atoms with Crippen LogP contribution in [0.3, 0.4) is 0 Å². The summed E-state index contributed by atoms with van der Waals surface area (Å²) in [5.74, 6) is 0.431. The molecule has 2 aromatic rings. The molecule has 1 aromatic heterocycles. The molecule has 2 N–H and O–H groups in total. The number of nitrogens with zero attached hydrogens (tertiary/aromatic N) is 3. The van der Waals surface area contributed by atoms with Crippen molar-refractivity contribution in [2.75, 3.05) is 12.8 Å². The third-order valence-corrected chi connectivity index (χ3v) is 4.68. The molecule has 7 nitrogen and oxygen atoms in total. The van der Waals surface area contributed by atoms with E-state index in [1.807, 2.05) is 23.7 Å². The predicted octanol–water partition coefficient (Wildman–Crippen LogP) is 2.33. The third-order valence-electron chi connectivity index (χ3n) is 3.66. The van der Waals surface area contributed by atoms with E-state index in [4.69, 9.17) is 0 Å². The van der Waals surface area contributed by atoms with Crippen LogP contribution in [0, 0.1) is 0 Å². The Morgan fingerprint density at radius 3 is 2.36 bits per heavy atom. The van der Waals surface area contributed by atoms with E-state index in [1.165, 1.54) is 24.4 Å². The van der Waals surface area contributed by atoms with E-state index in [0.717, 1.165) is 11.4 Å². The third kappa shape index (κ3) is 4.82. The van der Waals surface area contributed by atoms with Crippen molar-refractivity contribution in [1.29, 1.82) is 0 Å². The van der Waals surface area contributed by atoms with Crippen LogP contribution in [0.2, 0.25) is 0 Å². The number of urea groups is 1. The van der Waals surface area contributed by atoms with Crippen LogP contribution in [0.1, 0.15) is 26.3 Å². The molecule has 2 rings (SSSR count). The van der Waals surface area contributed by atoms with E-state index in [9.17, 15) is 9.59 Å². The minimum absolute atomic E-state index is 0.0857. The lowest BCUT2D eigenvalue weighted by Crippen LogP contribution is -2.38. The van der Waals surface area contributed by atoms with Crippen molar-refractivity contribution in [3.05, 3.63) is 29.8 Å². The highest BCUT2D eigenvalue weighted by Gasteiger charge is 2.16. The lowest BCUT2D eigenvalue weighted by atomic mass is 9.87. The fraction of sp³-hybridized carbons (Fsp3) is 0.412. The van der Waals surface area contributed by atoms with Gasteiger partial charge in [0.25, 0.3) is 0 Å². The molecule has 0 atom stereocenters. The second-order valence-electron chi connectivity index (χ2n) is 6.61. The normalized spacial score (nSPS) is 11.2. The van der Waals surface area contributed by atoms with Crippen molar-refractivity contribution in [3.8, 4) is 11.4 Å². The molecular weight excluding hydrogens is 338 g/mol. The number of hydrogen-bond donors (Lipinski definition) is 2. The SMILES string of the molecule is CNC(=O)NC(=O)CSc1nnc(-c2ccc(C(C)(C)C)cc2)n1C. The van der Waals surface area contributed by atoms with E-state index in [-0.39, 0.29) is 17.1 Å². The molecule has 0 unspecified atom stereocenters. The first-order valence-corrected chi connectivity index (χ1v) is 8.85. The number of carbonyl (C=O) groups is 2. The van der Waals surface area contributed by atoms with Gasteiger partial charge in [0, 0.05) is 19.7 Å². The molecule has 0 radical (unpaired) electrons. The van der Waals surface area contributed by atoms with Crippen LogP contribution in [0.4, 0.5) is 4.79 Å². The second-order valence-corrected chi connectivity index (χ2v) is 7.55. The first-order valence-electron chi connectivity index (χ1n) is 7.87. The van der Waals surface area contributed by atoms with Crippen LogP contribution < -0.4 is 10.6 Å². The quantitative estimate of drug-likeness (QED) is 0.816. The van der Waals surface area contributed by atoms with E-state index in [1.54, 1.807) is 0 Å². The largest absolute Gasteiger partial charge is 0.341 e. The summed E-state index contributed by atoms with van der Waals surface area (Å²) < 4.78 is 1.84. The fourth-order valence-electron chi connectivity index (χ4n) is 2.17. The van der Waals surface area contributed by atoms with Crippen LogP contribution in [0.25, 0.3) is 11.4 Å². The van der Waals surface area contributed by atoms with Crippen molar-refractivity contribution >= 4 is 23.7 Å². The molecule has 0 aliphatic rings. The number of thioether (sulfide) groups is 1. The maximum Gasteiger partial charge on any atom is 0.321 e. The Morgan fingerprint density at radius 2 is 1.80 bits per heavy atom. The molecule has 0 saturated carbocycles. The van der Waals surface area contributed by atoms with E-state index in [2.05, 4.69) is 53.7 Å². The van der Waals surface area contributed by atoms with Gasteiger partial charge in [0.1, 0.15) is 0 Å². The number of hydrogen-bond acceptors (Lipinski definition) is 5. The van der Waals surface area contributed by atoms with Crippen molar-refractivity contribution in [1.82, 2.24) is 25.4 Å². The van der Waals surface area contributed by atoms with Crippen molar-refractivity contribution in [2.45, 2.75) is 31.3 Å². The van der Waals surface area contributed by atoms with Gasteiger partial charge in [-0.2, -0.15) is 0 Å². The zero-order valence-corrected chi connectivity index (χ0v) is 15.9. The Hall–Kier alpha value is -2.35. The molecule has 3 amide bonds. The Bertz CT molecular complexity index is 762. The van der Waals surface area contributed by atoms with Gasteiger partial charge in [0.2, 0.25) is 5.91 Å². The van der Waals surface area contributed by atoms with E-state index < -0.39 is 6.03 Å². The average Bonchev–Trinajstić information content (AvgIpc) is 2.93. The number of nitrogens with one attached hydrogen (secondary N) is 2. The van der Waals surface area contributed by atoms with Crippen molar-refractivity contribution in [3.63, 3.8) is 0 Å². The first kappa shape index (κ1) is 19.0. The molecule has 0 fully saturated rings. The van der Waals surface area contributed by atoms with Crippen LogP contribution in [0.5, 0.6) is 0 Å². The highest BCUT2D eigenvalue weighted by molar-refractivity contribution is 7.99. The van der Waals surface area contributed by atoms with Crippen molar-refractivity contribution < 1.29 is 9.59 Å². The summed E-state index contributed by atoms with van der Waals surface area (Å²) in [7, 11) is 3.31. The van der Waals surface area contributed by atoms with Gasteiger partial charge in [-0.3, -0.25) is 10.1 Å². The summed E-state index contributed by atoms with van der Waals surface area (Å²) in [6.45, 7) is 6.51. The number of aromatic nitrogens is 3. The summed E-state index contributed by atoms with van der Waals surface area (Å²) in [6, 6.07) is 7.71. The summed E-state index contributed by atoms with van der Waals surface area (Å²) in [5, 5.41) is 13.5. The van der Waals surface area contributed by atoms with Gasteiger partial charge >= 0.3 is 6.03 Å². The van der Waals surface area contributed by atoms with Gasteiger partial charge in [-0.25, -0.2) is 4.79 Å². The van der Waals surface area contributed by atoms with Gasteiger partial charge in [0.15, 0.2) is 11.0 Å². The van der Waals surface area contributed by atoms with Gasteiger partial charge in [-0.1, -0.05) is 56.8 Å². The molecule has 0 saturated heterocycles. The molecule has 0 aliphatic carbocycles. The summed E-state index contributed by atoms with van der Waals surface area (Å²) in [4.78, 5) is 22.8. The lowest BCUT2D eigenvalue weighted by Gasteiger charge is -2.19. The fourth-order valence-corrected chi connectivity index (χ4v) is 2.88. The molecule has 0 bridgehead atoms.